The zero-order valence-electron chi connectivity index (χ0n) is 15.5. The summed E-state index contributed by atoms with van der Waals surface area (Å²) in [6.45, 7) is 3.31. The predicted octanol–water partition coefficient (Wildman–Crippen LogP) is -0.0284. The van der Waals surface area contributed by atoms with Crippen LogP contribution in [0.15, 0.2) is 18.6 Å². The van der Waals surface area contributed by atoms with E-state index in [2.05, 4.69) is 14.9 Å². The molecular formula is C18H27N5O3. The van der Waals surface area contributed by atoms with Crippen molar-refractivity contribution >= 4 is 11.8 Å². The second-order valence-electron chi connectivity index (χ2n) is 7.03. The van der Waals surface area contributed by atoms with Gasteiger partial charge in [-0.1, -0.05) is 0 Å². The van der Waals surface area contributed by atoms with E-state index in [1.165, 1.54) is 7.11 Å². The van der Waals surface area contributed by atoms with Crippen molar-refractivity contribution in [3.63, 3.8) is 0 Å². The Balaban J connectivity index is 1.63. The summed E-state index contributed by atoms with van der Waals surface area (Å²) in [5.41, 5.74) is 1.04. The number of piperidine rings is 1. The minimum atomic E-state index is -0.424. The van der Waals surface area contributed by atoms with Gasteiger partial charge in [0.05, 0.1) is 0 Å². The molecule has 2 saturated heterocycles. The number of piperazine rings is 1. The third-order valence-electron chi connectivity index (χ3n) is 5.29. The Morgan fingerprint density at radius 3 is 2.65 bits per heavy atom. The summed E-state index contributed by atoms with van der Waals surface area (Å²) in [4.78, 5) is 39.4. The van der Waals surface area contributed by atoms with E-state index in [9.17, 15) is 9.59 Å². The molecule has 2 amide bonds. The van der Waals surface area contributed by atoms with Crippen LogP contribution in [0.2, 0.25) is 0 Å². The van der Waals surface area contributed by atoms with Gasteiger partial charge in [-0.2, -0.15) is 0 Å². The van der Waals surface area contributed by atoms with E-state index < -0.39 is 6.04 Å². The Kier molecular flexibility index (Phi) is 6.16. The van der Waals surface area contributed by atoms with Gasteiger partial charge in [0, 0.05) is 57.6 Å². The van der Waals surface area contributed by atoms with Gasteiger partial charge < -0.3 is 19.4 Å². The second-order valence-corrected chi connectivity index (χ2v) is 7.03. The first-order valence-corrected chi connectivity index (χ1v) is 9.11. The van der Waals surface area contributed by atoms with E-state index in [-0.39, 0.29) is 18.4 Å². The van der Waals surface area contributed by atoms with Crippen molar-refractivity contribution in [2.24, 2.45) is 0 Å². The standard InChI is InChI=1S/C18H27N5O3/c1-21-9-10-23(17(24)12-26-2)16(11-21)18(25)22-7-4-14(5-8-22)15-3-6-19-13-20-15/h3,6,13-14,16H,4-5,7-12H2,1-2H3. The van der Waals surface area contributed by atoms with Crippen molar-refractivity contribution in [1.82, 2.24) is 24.7 Å². The Hall–Kier alpha value is -2.06. The maximum atomic E-state index is 13.1. The number of aromatic nitrogens is 2. The summed E-state index contributed by atoms with van der Waals surface area (Å²) in [5.74, 6) is 0.291. The van der Waals surface area contributed by atoms with E-state index >= 15 is 0 Å². The van der Waals surface area contributed by atoms with Gasteiger partial charge in [-0.05, 0) is 26.0 Å². The lowest BCUT2D eigenvalue weighted by Crippen LogP contribution is -2.61. The quantitative estimate of drug-likeness (QED) is 0.750. The topological polar surface area (TPSA) is 78.9 Å². The highest BCUT2D eigenvalue weighted by Gasteiger charge is 2.37. The highest BCUT2D eigenvalue weighted by atomic mass is 16.5. The molecule has 0 aliphatic carbocycles. The highest BCUT2D eigenvalue weighted by molar-refractivity contribution is 5.88. The Morgan fingerprint density at radius 1 is 1.23 bits per heavy atom. The number of carbonyl (C=O) groups excluding carboxylic acids is 2. The molecule has 3 rings (SSSR count). The Bertz CT molecular complexity index is 619. The summed E-state index contributed by atoms with van der Waals surface area (Å²) in [5, 5.41) is 0. The fourth-order valence-electron chi connectivity index (χ4n) is 3.78. The Labute approximate surface area is 154 Å². The minimum absolute atomic E-state index is 0.0171. The highest BCUT2D eigenvalue weighted by Crippen LogP contribution is 2.27. The van der Waals surface area contributed by atoms with E-state index in [1.54, 1.807) is 17.4 Å². The van der Waals surface area contributed by atoms with Crippen molar-refractivity contribution in [3.8, 4) is 0 Å². The molecule has 1 aromatic rings. The molecule has 0 aromatic carbocycles. The van der Waals surface area contributed by atoms with E-state index in [4.69, 9.17) is 4.74 Å². The fraction of sp³-hybridized carbons (Fsp3) is 0.667. The number of amides is 2. The van der Waals surface area contributed by atoms with Gasteiger partial charge in [0.1, 0.15) is 19.0 Å². The van der Waals surface area contributed by atoms with Crippen LogP contribution in [-0.2, 0) is 14.3 Å². The largest absolute Gasteiger partial charge is 0.375 e. The van der Waals surface area contributed by atoms with Crippen molar-refractivity contribution < 1.29 is 14.3 Å². The summed E-state index contributed by atoms with van der Waals surface area (Å²) >= 11 is 0. The van der Waals surface area contributed by atoms with Crippen LogP contribution in [0.5, 0.6) is 0 Å². The van der Waals surface area contributed by atoms with Gasteiger partial charge in [-0.3, -0.25) is 9.59 Å². The first kappa shape index (κ1) is 18.7. The van der Waals surface area contributed by atoms with Crippen LogP contribution in [0.25, 0.3) is 0 Å². The molecule has 0 spiro atoms. The maximum absolute atomic E-state index is 13.1. The molecule has 8 heteroatoms. The van der Waals surface area contributed by atoms with Crippen molar-refractivity contribution in [2.75, 3.05) is 53.5 Å². The lowest BCUT2D eigenvalue weighted by atomic mass is 9.93. The zero-order valence-corrected chi connectivity index (χ0v) is 15.5. The molecule has 1 aromatic heterocycles. The van der Waals surface area contributed by atoms with Gasteiger partial charge >= 0.3 is 0 Å². The van der Waals surface area contributed by atoms with E-state index in [0.717, 1.165) is 25.1 Å². The normalized spacial score (nSPS) is 22.5. The smallest absolute Gasteiger partial charge is 0.249 e. The number of hydrogen-bond donors (Lipinski definition) is 0. The van der Waals surface area contributed by atoms with E-state index in [0.29, 0.717) is 32.1 Å². The molecule has 2 aliphatic heterocycles. The molecule has 0 radical (unpaired) electrons. The van der Waals surface area contributed by atoms with Gasteiger partial charge in [0.15, 0.2) is 0 Å². The van der Waals surface area contributed by atoms with Crippen molar-refractivity contribution in [2.45, 2.75) is 24.8 Å². The molecule has 1 unspecified atom stereocenters. The first-order chi connectivity index (χ1) is 12.6. The average molecular weight is 361 g/mol. The van der Waals surface area contributed by atoms with Crippen molar-refractivity contribution in [3.05, 3.63) is 24.3 Å². The van der Waals surface area contributed by atoms with Crippen molar-refractivity contribution in [1.29, 1.82) is 0 Å². The Morgan fingerprint density at radius 2 is 2.00 bits per heavy atom. The SMILES string of the molecule is COCC(=O)N1CCN(C)CC1C(=O)N1CCC(c2ccncn2)CC1. The third-order valence-corrected chi connectivity index (χ3v) is 5.29. The molecule has 2 aliphatic rings. The summed E-state index contributed by atoms with van der Waals surface area (Å²) < 4.78 is 4.98. The van der Waals surface area contributed by atoms with Gasteiger partial charge in [0.25, 0.3) is 0 Å². The van der Waals surface area contributed by atoms with Crippen LogP contribution in [0.4, 0.5) is 0 Å². The number of rotatable bonds is 4. The first-order valence-electron chi connectivity index (χ1n) is 9.11. The number of ether oxygens (including phenoxy) is 1. The molecule has 1 atom stereocenters. The van der Waals surface area contributed by atoms with E-state index in [1.807, 2.05) is 18.0 Å². The summed E-state index contributed by atoms with van der Waals surface area (Å²) in [7, 11) is 3.49. The van der Waals surface area contributed by atoms with Crippen LogP contribution in [0, 0.1) is 0 Å². The zero-order chi connectivity index (χ0) is 18.5. The molecule has 2 fully saturated rings. The number of nitrogens with zero attached hydrogens (tertiary/aromatic N) is 5. The minimum Gasteiger partial charge on any atom is -0.375 e. The lowest BCUT2D eigenvalue weighted by Gasteiger charge is -2.42. The fourth-order valence-corrected chi connectivity index (χ4v) is 3.78. The molecule has 142 valence electrons. The van der Waals surface area contributed by atoms with Crippen LogP contribution >= 0.6 is 0 Å². The summed E-state index contributed by atoms with van der Waals surface area (Å²) in [6.07, 6.45) is 5.11. The lowest BCUT2D eigenvalue weighted by molar-refractivity contribution is -0.151. The maximum Gasteiger partial charge on any atom is 0.249 e. The van der Waals surface area contributed by atoms with Gasteiger partial charge in [-0.15, -0.1) is 0 Å². The monoisotopic (exact) mass is 361 g/mol. The summed E-state index contributed by atoms with van der Waals surface area (Å²) in [6, 6.07) is 1.52. The number of carbonyl (C=O) groups is 2. The molecule has 3 heterocycles. The van der Waals surface area contributed by atoms with Crippen LogP contribution < -0.4 is 0 Å². The molecule has 0 N–H and O–H groups in total. The number of likely N-dealkylation sites (N-methyl/N-ethyl adjacent to an activating group) is 1. The van der Waals surface area contributed by atoms with Crippen LogP contribution in [0.1, 0.15) is 24.5 Å². The predicted molar refractivity (Wildman–Crippen MR) is 95.5 cm³/mol. The molecule has 26 heavy (non-hydrogen) atoms. The molecular weight excluding hydrogens is 334 g/mol. The number of hydrogen-bond acceptors (Lipinski definition) is 6. The molecule has 0 bridgehead atoms. The number of likely N-dealkylation sites (tertiary alicyclic amines) is 1. The average Bonchev–Trinajstić information content (AvgIpc) is 2.68. The molecule has 8 nitrogen and oxygen atoms in total. The van der Waals surface area contributed by atoms with Gasteiger partial charge in [-0.25, -0.2) is 9.97 Å². The third kappa shape index (κ3) is 4.19. The number of methoxy groups -OCH3 is 1. The molecule has 0 saturated carbocycles. The van der Waals surface area contributed by atoms with Crippen LogP contribution in [0.3, 0.4) is 0 Å². The van der Waals surface area contributed by atoms with Crippen LogP contribution in [-0.4, -0.2) is 96.0 Å². The second kappa shape index (κ2) is 8.55. The van der Waals surface area contributed by atoms with Gasteiger partial charge in [0.2, 0.25) is 11.8 Å².